The van der Waals surface area contributed by atoms with E-state index in [1.807, 2.05) is 0 Å². The number of rotatable bonds is 5. The van der Waals surface area contributed by atoms with Crippen LogP contribution in [0.25, 0.3) is 0 Å². The lowest BCUT2D eigenvalue weighted by molar-refractivity contribution is -0.147. The van der Waals surface area contributed by atoms with Crippen LogP contribution in [0.1, 0.15) is 40.0 Å². The molecule has 0 radical (unpaired) electrons. The molecule has 0 amide bonds. The first-order valence-electron chi connectivity index (χ1n) is 4.72. The Kier molecular flexibility index (Phi) is 5.71. The first-order chi connectivity index (χ1) is 5.95. The second-order valence-electron chi connectivity index (χ2n) is 4.40. The second-order valence-corrected chi connectivity index (χ2v) is 4.40. The molecule has 0 aliphatic heterocycles. The van der Waals surface area contributed by atoms with Crippen molar-refractivity contribution in [2.75, 3.05) is 13.2 Å². The van der Waals surface area contributed by atoms with Gasteiger partial charge in [0, 0.05) is 0 Å². The van der Waals surface area contributed by atoms with Crippen molar-refractivity contribution in [3.05, 3.63) is 0 Å². The third-order valence-corrected chi connectivity index (χ3v) is 1.71. The average molecular weight is 188 g/mol. The number of esters is 1. The minimum atomic E-state index is -0.532. The Labute approximate surface area is 80.1 Å². The summed E-state index contributed by atoms with van der Waals surface area (Å²) in [4.78, 5) is 10.5. The number of unbranched alkanes of at least 4 members (excludes halogenated alkanes) is 1. The van der Waals surface area contributed by atoms with Crippen LogP contribution in [0, 0.1) is 5.41 Å². The molecule has 3 nitrogen and oxygen atoms in total. The molecule has 3 heteroatoms. The molecule has 13 heavy (non-hydrogen) atoms. The van der Waals surface area contributed by atoms with Gasteiger partial charge in [0.1, 0.15) is 6.61 Å². The predicted octanol–water partition coefficient (Wildman–Crippen LogP) is 1.74. The maximum atomic E-state index is 10.5. The van der Waals surface area contributed by atoms with Crippen molar-refractivity contribution < 1.29 is 14.6 Å². The van der Waals surface area contributed by atoms with E-state index in [0.717, 1.165) is 19.3 Å². The van der Waals surface area contributed by atoms with Gasteiger partial charge < -0.3 is 9.84 Å². The molecule has 0 heterocycles. The van der Waals surface area contributed by atoms with Crippen molar-refractivity contribution in [1.82, 2.24) is 0 Å². The van der Waals surface area contributed by atoms with Gasteiger partial charge in [0.05, 0.1) is 6.61 Å². The van der Waals surface area contributed by atoms with Gasteiger partial charge in [0.2, 0.25) is 0 Å². The summed E-state index contributed by atoms with van der Waals surface area (Å²) in [7, 11) is 0. The van der Waals surface area contributed by atoms with E-state index in [0.29, 0.717) is 12.0 Å². The largest absolute Gasteiger partial charge is 0.464 e. The van der Waals surface area contributed by atoms with Crippen molar-refractivity contribution in [3.8, 4) is 0 Å². The predicted molar refractivity (Wildman–Crippen MR) is 51.4 cm³/mol. The molecule has 0 saturated heterocycles. The van der Waals surface area contributed by atoms with E-state index in [4.69, 9.17) is 9.84 Å². The maximum Gasteiger partial charge on any atom is 0.331 e. The number of ether oxygens (including phenoxy) is 1. The SMILES string of the molecule is CC(C)(C)CCCCOC(=O)CO. The van der Waals surface area contributed by atoms with E-state index < -0.39 is 12.6 Å². The zero-order valence-electron chi connectivity index (χ0n) is 8.80. The molecule has 0 unspecified atom stereocenters. The van der Waals surface area contributed by atoms with Gasteiger partial charge in [-0.05, 0) is 24.7 Å². The Hall–Kier alpha value is -0.570. The summed E-state index contributed by atoms with van der Waals surface area (Å²) >= 11 is 0. The molecule has 0 atom stereocenters. The molecule has 0 rings (SSSR count). The first kappa shape index (κ1) is 12.4. The van der Waals surface area contributed by atoms with Crippen LogP contribution in [0.2, 0.25) is 0 Å². The second kappa shape index (κ2) is 5.97. The summed E-state index contributed by atoms with van der Waals surface area (Å²) in [6.07, 6.45) is 3.06. The van der Waals surface area contributed by atoms with Crippen LogP contribution >= 0.6 is 0 Å². The van der Waals surface area contributed by atoms with E-state index >= 15 is 0 Å². The number of aliphatic hydroxyl groups is 1. The monoisotopic (exact) mass is 188 g/mol. The zero-order chi connectivity index (χ0) is 10.3. The van der Waals surface area contributed by atoms with Gasteiger partial charge >= 0.3 is 5.97 Å². The minimum absolute atomic E-state index is 0.348. The summed E-state index contributed by atoms with van der Waals surface area (Å²) in [5.41, 5.74) is 0.348. The molecule has 0 spiro atoms. The topological polar surface area (TPSA) is 46.5 Å². The van der Waals surface area contributed by atoms with Gasteiger partial charge in [-0.15, -0.1) is 0 Å². The van der Waals surface area contributed by atoms with Crippen LogP contribution in [0.15, 0.2) is 0 Å². The fourth-order valence-corrected chi connectivity index (χ4v) is 0.989. The van der Waals surface area contributed by atoms with Crippen LogP contribution in [0.3, 0.4) is 0 Å². The molecular formula is C10H20O3. The number of carbonyl (C=O) groups excluding carboxylic acids is 1. The van der Waals surface area contributed by atoms with Gasteiger partial charge in [0.15, 0.2) is 0 Å². The van der Waals surface area contributed by atoms with Gasteiger partial charge in [-0.1, -0.05) is 20.8 Å². The fourth-order valence-electron chi connectivity index (χ4n) is 0.989. The van der Waals surface area contributed by atoms with E-state index in [1.165, 1.54) is 0 Å². The summed E-state index contributed by atoms with van der Waals surface area (Å²) < 4.78 is 4.72. The lowest BCUT2D eigenvalue weighted by Gasteiger charge is -2.17. The smallest absolute Gasteiger partial charge is 0.331 e. The Morgan fingerprint density at radius 2 is 1.92 bits per heavy atom. The first-order valence-corrected chi connectivity index (χ1v) is 4.72. The van der Waals surface area contributed by atoms with Crippen LogP contribution < -0.4 is 0 Å². The van der Waals surface area contributed by atoms with Crippen molar-refractivity contribution in [2.45, 2.75) is 40.0 Å². The van der Waals surface area contributed by atoms with Crippen LogP contribution in [-0.4, -0.2) is 24.3 Å². The fraction of sp³-hybridized carbons (Fsp3) is 0.900. The number of aliphatic hydroxyl groups excluding tert-OH is 1. The van der Waals surface area contributed by atoms with Crippen molar-refractivity contribution in [3.63, 3.8) is 0 Å². The van der Waals surface area contributed by atoms with Gasteiger partial charge in [-0.3, -0.25) is 0 Å². The molecular weight excluding hydrogens is 168 g/mol. The van der Waals surface area contributed by atoms with Crippen molar-refractivity contribution >= 4 is 5.97 Å². The highest BCUT2D eigenvalue weighted by atomic mass is 16.5. The van der Waals surface area contributed by atoms with Crippen LogP contribution in [0.4, 0.5) is 0 Å². The molecule has 0 saturated carbocycles. The summed E-state index contributed by atoms with van der Waals surface area (Å²) in [5, 5.41) is 8.35. The normalized spacial score (nSPS) is 11.4. The Morgan fingerprint density at radius 1 is 1.31 bits per heavy atom. The highest BCUT2D eigenvalue weighted by molar-refractivity contribution is 5.70. The van der Waals surface area contributed by atoms with E-state index in [9.17, 15) is 4.79 Å². The molecule has 78 valence electrons. The van der Waals surface area contributed by atoms with E-state index in [-0.39, 0.29) is 0 Å². The molecule has 0 aromatic carbocycles. The molecule has 0 aromatic rings. The Morgan fingerprint density at radius 3 is 2.38 bits per heavy atom. The van der Waals surface area contributed by atoms with Crippen molar-refractivity contribution in [1.29, 1.82) is 0 Å². The van der Waals surface area contributed by atoms with Crippen LogP contribution in [0.5, 0.6) is 0 Å². The minimum Gasteiger partial charge on any atom is -0.464 e. The lowest BCUT2D eigenvalue weighted by atomic mass is 9.90. The molecule has 0 fully saturated rings. The zero-order valence-corrected chi connectivity index (χ0v) is 8.80. The van der Waals surface area contributed by atoms with Crippen molar-refractivity contribution in [2.24, 2.45) is 5.41 Å². The maximum absolute atomic E-state index is 10.5. The highest BCUT2D eigenvalue weighted by Crippen LogP contribution is 2.21. The summed E-state index contributed by atoms with van der Waals surface area (Å²) in [6.45, 7) is 6.47. The summed E-state index contributed by atoms with van der Waals surface area (Å²) in [5.74, 6) is -0.532. The van der Waals surface area contributed by atoms with E-state index in [1.54, 1.807) is 0 Å². The number of hydrogen-bond acceptors (Lipinski definition) is 3. The number of carbonyl (C=O) groups is 1. The third-order valence-electron chi connectivity index (χ3n) is 1.71. The lowest BCUT2D eigenvalue weighted by Crippen LogP contribution is -2.10. The van der Waals surface area contributed by atoms with Gasteiger partial charge in [-0.2, -0.15) is 0 Å². The molecule has 0 aliphatic carbocycles. The molecule has 0 aromatic heterocycles. The summed E-state index contributed by atoms with van der Waals surface area (Å²) in [6, 6.07) is 0. The highest BCUT2D eigenvalue weighted by Gasteiger charge is 2.09. The number of hydrogen-bond donors (Lipinski definition) is 1. The average Bonchev–Trinajstić information content (AvgIpc) is 2.01. The molecule has 0 bridgehead atoms. The van der Waals surface area contributed by atoms with Gasteiger partial charge in [0.25, 0.3) is 0 Å². The molecule has 1 N–H and O–H groups in total. The standard InChI is InChI=1S/C10H20O3/c1-10(2,3)6-4-5-7-13-9(12)8-11/h11H,4-8H2,1-3H3. The van der Waals surface area contributed by atoms with Crippen LogP contribution in [-0.2, 0) is 9.53 Å². The third kappa shape index (κ3) is 9.34. The molecule has 0 aliphatic rings. The van der Waals surface area contributed by atoms with E-state index in [2.05, 4.69) is 20.8 Å². The van der Waals surface area contributed by atoms with Gasteiger partial charge in [-0.25, -0.2) is 4.79 Å². The quantitative estimate of drug-likeness (QED) is 0.528. The Bertz CT molecular complexity index is 147. The Balaban J connectivity index is 3.22.